The second-order valence-corrected chi connectivity index (χ2v) is 9.54. The van der Waals surface area contributed by atoms with E-state index in [9.17, 15) is 34.8 Å². The standard InChI is InChI=1S/C23H26N2O7/c1-22(2)9-6-5-7-12(26)13(9)17(27)14-10(22)8-11-16(25(3)4)18(28)15(21(24)31)20(30)23(11,32)19(14)29/h5-7,10-11,16,26,28-29,32H,8H2,1-4H3,(H2,24,31)/t10?,11?,16-,23-/m0/s1. The van der Waals surface area contributed by atoms with Crippen molar-refractivity contribution in [1.29, 1.82) is 0 Å². The Balaban J connectivity index is 2.05. The number of phenols is 1. The van der Waals surface area contributed by atoms with E-state index in [0.717, 1.165) is 0 Å². The maximum absolute atomic E-state index is 13.4. The van der Waals surface area contributed by atoms with Crippen molar-refractivity contribution >= 4 is 17.5 Å². The molecule has 0 saturated carbocycles. The molecule has 0 bridgehead atoms. The summed E-state index contributed by atoms with van der Waals surface area (Å²) in [6, 6.07) is 3.68. The summed E-state index contributed by atoms with van der Waals surface area (Å²) in [5, 5.41) is 44.0. The lowest BCUT2D eigenvalue weighted by molar-refractivity contribution is -0.149. The first-order chi connectivity index (χ1) is 14.8. The van der Waals surface area contributed by atoms with Crippen LogP contribution >= 0.6 is 0 Å². The Kier molecular flexibility index (Phi) is 4.59. The van der Waals surface area contributed by atoms with Gasteiger partial charge in [-0.3, -0.25) is 19.3 Å². The quantitative estimate of drug-likeness (QED) is 0.421. The van der Waals surface area contributed by atoms with Crippen molar-refractivity contribution in [1.82, 2.24) is 4.90 Å². The topological polar surface area (TPSA) is 161 Å². The molecule has 0 radical (unpaired) electrons. The van der Waals surface area contributed by atoms with Gasteiger partial charge >= 0.3 is 0 Å². The van der Waals surface area contributed by atoms with Crippen molar-refractivity contribution in [2.75, 3.05) is 14.1 Å². The first kappa shape index (κ1) is 22.0. The third-order valence-corrected chi connectivity index (χ3v) is 7.36. The van der Waals surface area contributed by atoms with E-state index in [2.05, 4.69) is 0 Å². The van der Waals surface area contributed by atoms with E-state index in [1.54, 1.807) is 26.2 Å². The number of primary amides is 1. The highest BCUT2D eigenvalue weighted by molar-refractivity contribution is 6.24. The molecule has 0 heterocycles. The highest BCUT2D eigenvalue weighted by Crippen LogP contribution is 2.57. The number of hydrogen-bond acceptors (Lipinski definition) is 8. The number of hydrogen-bond donors (Lipinski definition) is 5. The Morgan fingerprint density at radius 2 is 1.78 bits per heavy atom. The predicted octanol–water partition coefficient (Wildman–Crippen LogP) is 0.856. The average molecular weight is 442 g/mol. The minimum atomic E-state index is -2.63. The number of nitrogens with two attached hydrogens (primary N) is 1. The summed E-state index contributed by atoms with van der Waals surface area (Å²) in [4.78, 5) is 40.2. The van der Waals surface area contributed by atoms with Crippen LogP contribution in [0.5, 0.6) is 5.75 Å². The zero-order valence-electron chi connectivity index (χ0n) is 18.2. The number of amides is 1. The summed E-state index contributed by atoms with van der Waals surface area (Å²) >= 11 is 0. The molecule has 3 aliphatic carbocycles. The van der Waals surface area contributed by atoms with Crippen LogP contribution in [0, 0.1) is 11.8 Å². The van der Waals surface area contributed by atoms with Crippen molar-refractivity contribution < 1.29 is 34.8 Å². The number of likely N-dealkylation sites (N-methyl/N-ethyl adjacent to an activating group) is 1. The molecule has 0 spiro atoms. The number of allylic oxidation sites excluding steroid dienone is 1. The number of rotatable bonds is 2. The maximum atomic E-state index is 13.4. The van der Waals surface area contributed by atoms with Crippen LogP contribution < -0.4 is 5.73 Å². The number of carbonyl (C=O) groups is 3. The molecular weight excluding hydrogens is 416 g/mol. The van der Waals surface area contributed by atoms with Crippen molar-refractivity contribution in [3.05, 3.63) is 52.0 Å². The lowest BCUT2D eigenvalue weighted by Gasteiger charge is -2.53. The first-order valence-corrected chi connectivity index (χ1v) is 10.2. The van der Waals surface area contributed by atoms with Gasteiger partial charge in [-0.1, -0.05) is 26.0 Å². The SMILES string of the molecule is CN(C)[C@@H]1C(O)=C(C(N)=O)C(=O)[C@@]2(O)C(O)=C3C(=O)c4c(O)cccc4C(C)(C)C3CC12. The second kappa shape index (κ2) is 6.66. The number of nitrogens with zero attached hydrogens (tertiary/aromatic N) is 1. The molecule has 9 heteroatoms. The van der Waals surface area contributed by atoms with Gasteiger partial charge in [0.1, 0.15) is 22.8 Å². The Morgan fingerprint density at radius 3 is 2.34 bits per heavy atom. The van der Waals surface area contributed by atoms with E-state index in [4.69, 9.17) is 5.73 Å². The molecule has 0 saturated heterocycles. The number of fused-ring (bicyclic) bond motifs is 3. The van der Waals surface area contributed by atoms with Crippen LogP contribution in [0.4, 0.5) is 0 Å². The Bertz CT molecular complexity index is 1150. The molecule has 9 nitrogen and oxygen atoms in total. The van der Waals surface area contributed by atoms with Crippen LogP contribution in [0.2, 0.25) is 0 Å². The molecule has 170 valence electrons. The minimum Gasteiger partial charge on any atom is -0.510 e. The number of aliphatic hydroxyl groups is 3. The van der Waals surface area contributed by atoms with Crippen molar-refractivity contribution in [3.63, 3.8) is 0 Å². The molecule has 1 aromatic rings. The highest BCUT2D eigenvalue weighted by Gasteiger charge is 2.65. The lowest BCUT2D eigenvalue weighted by Crippen LogP contribution is -2.64. The van der Waals surface area contributed by atoms with Gasteiger partial charge in [-0.15, -0.1) is 0 Å². The fourth-order valence-electron chi connectivity index (χ4n) is 5.77. The van der Waals surface area contributed by atoms with Crippen molar-refractivity contribution in [2.24, 2.45) is 17.6 Å². The van der Waals surface area contributed by atoms with Gasteiger partial charge in [0.05, 0.1) is 11.6 Å². The van der Waals surface area contributed by atoms with Gasteiger partial charge in [0.25, 0.3) is 5.91 Å². The number of Topliss-reactive ketones (excluding diaryl/α,β-unsaturated/α-hetero) is 2. The van der Waals surface area contributed by atoms with Crippen LogP contribution in [0.3, 0.4) is 0 Å². The Labute approximate surface area is 184 Å². The second-order valence-electron chi connectivity index (χ2n) is 9.54. The Hall–Kier alpha value is -3.17. The summed E-state index contributed by atoms with van der Waals surface area (Å²) in [5.74, 6) is -6.59. The van der Waals surface area contributed by atoms with Gasteiger partial charge in [-0.05, 0) is 37.6 Å². The molecule has 4 rings (SSSR count). The fraction of sp³-hybridized carbons (Fsp3) is 0.435. The van der Waals surface area contributed by atoms with Crippen LogP contribution in [0.25, 0.3) is 0 Å². The molecular formula is C23H26N2O7. The smallest absolute Gasteiger partial charge is 0.255 e. The van der Waals surface area contributed by atoms with E-state index in [-0.39, 0.29) is 23.3 Å². The van der Waals surface area contributed by atoms with Gasteiger partial charge in [0.2, 0.25) is 5.78 Å². The maximum Gasteiger partial charge on any atom is 0.255 e. The molecule has 0 fully saturated rings. The minimum absolute atomic E-state index is 0.00159. The third-order valence-electron chi connectivity index (χ3n) is 7.36. The first-order valence-electron chi connectivity index (χ1n) is 10.2. The van der Waals surface area contributed by atoms with Crippen molar-refractivity contribution in [3.8, 4) is 5.75 Å². The summed E-state index contributed by atoms with van der Waals surface area (Å²) < 4.78 is 0. The molecule has 32 heavy (non-hydrogen) atoms. The fourth-order valence-corrected chi connectivity index (χ4v) is 5.77. The largest absolute Gasteiger partial charge is 0.510 e. The number of aliphatic hydroxyl groups excluding tert-OH is 2. The molecule has 4 atom stereocenters. The molecule has 0 aromatic heterocycles. The summed E-state index contributed by atoms with van der Waals surface area (Å²) in [6.07, 6.45) is 0.0500. The van der Waals surface area contributed by atoms with Crippen LogP contribution in [-0.4, -0.2) is 68.5 Å². The zero-order valence-corrected chi connectivity index (χ0v) is 18.2. The molecule has 1 aromatic carbocycles. The molecule has 0 aliphatic heterocycles. The van der Waals surface area contributed by atoms with Gasteiger partial charge in [-0.25, -0.2) is 0 Å². The van der Waals surface area contributed by atoms with E-state index in [0.29, 0.717) is 5.56 Å². The van der Waals surface area contributed by atoms with Gasteiger partial charge < -0.3 is 26.2 Å². The lowest BCUT2D eigenvalue weighted by atomic mass is 9.52. The molecule has 3 aliphatic rings. The highest BCUT2D eigenvalue weighted by atomic mass is 16.3. The number of benzene rings is 1. The van der Waals surface area contributed by atoms with Gasteiger partial charge in [0, 0.05) is 17.4 Å². The molecule has 1 amide bonds. The summed E-state index contributed by atoms with van der Waals surface area (Å²) in [5.41, 5.74) is 1.50. The summed E-state index contributed by atoms with van der Waals surface area (Å²) in [6.45, 7) is 3.69. The van der Waals surface area contributed by atoms with E-state index in [1.807, 2.05) is 13.8 Å². The normalized spacial score (nSPS) is 31.4. The summed E-state index contributed by atoms with van der Waals surface area (Å²) in [7, 11) is 3.19. The van der Waals surface area contributed by atoms with Crippen LogP contribution in [0.1, 0.15) is 36.2 Å². The van der Waals surface area contributed by atoms with Gasteiger partial charge in [0.15, 0.2) is 11.4 Å². The molecule has 6 N–H and O–H groups in total. The monoisotopic (exact) mass is 442 g/mol. The number of phenolic OH excluding ortho intramolecular Hbond substituents is 1. The van der Waals surface area contributed by atoms with Gasteiger partial charge in [-0.2, -0.15) is 0 Å². The van der Waals surface area contributed by atoms with Crippen molar-refractivity contribution in [2.45, 2.75) is 37.3 Å². The van der Waals surface area contributed by atoms with Crippen LogP contribution in [-0.2, 0) is 15.0 Å². The average Bonchev–Trinajstić information content (AvgIpc) is 2.68. The number of ketones is 2. The predicted molar refractivity (Wildman–Crippen MR) is 113 cm³/mol. The number of carbonyl (C=O) groups excluding carboxylic acids is 3. The van der Waals surface area contributed by atoms with E-state index in [1.165, 1.54) is 11.0 Å². The van der Waals surface area contributed by atoms with Crippen LogP contribution in [0.15, 0.2) is 40.9 Å². The molecule has 2 unspecified atom stereocenters. The van der Waals surface area contributed by atoms with E-state index < -0.39 is 63.5 Å². The Morgan fingerprint density at radius 1 is 1.16 bits per heavy atom. The third kappa shape index (κ3) is 2.49. The van der Waals surface area contributed by atoms with E-state index >= 15 is 0 Å². The zero-order chi connectivity index (χ0) is 23.9. The number of aromatic hydroxyl groups is 1.